The van der Waals surface area contributed by atoms with E-state index < -0.39 is 5.41 Å². The molecule has 1 aliphatic carbocycles. The maximum atomic E-state index is 13.3. The van der Waals surface area contributed by atoms with E-state index in [0.717, 1.165) is 65.0 Å². The van der Waals surface area contributed by atoms with Crippen LogP contribution < -0.4 is 4.74 Å². The van der Waals surface area contributed by atoms with Crippen LogP contribution >= 0.6 is 0 Å². The van der Waals surface area contributed by atoms with Crippen molar-refractivity contribution in [2.75, 3.05) is 13.7 Å². The SMILES string of the molecule is COC(=O)C(C)(C)C(c1ccc2c(c1)C(N1Cc3cnccc3OC(C)(C)C1)CC2)c1ccc2c(nnn2C)c1C. The Labute approximate surface area is 241 Å². The van der Waals surface area contributed by atoms with Crippen LogP contribution in [-0.4, -0.2) is 50.1 Å². The molecule has 0 spiro atoms. The van der Waals surface area contributed by atoms with Crippen molar-refractivity contribution in [1.29, 1.82) is 0 Å². The molecule has 2 aromatic heterocycles. The van der Waals surface area contributed by atoms with E-state index in [2.05, 4.69) is 71.3 Å². The lowest BCUT2D eigenvalue weighted by atomic mass is 9.69. The van der Waals surface area contributed by atoms with Crippen LogP contribution in [0.2, 0.25) is 0 Å². The van der Waals surface area contributed by atoms with Crippen LogP contribution in [0.5, 0.6) is 5.75 Å². The topological polar surface area (TPSA) is 82.4 Å². The Morgan fingerprint density at radius 3 is 2.76 bits per heavy atom. The number of carbonyl (C=O) groups excluding carboxylic acids is 1. The number of hydrogen-bond acceptors (Lipinski definition) is 7. The molecule has 8 nitrogen and oxygen atoms in total. The van der Waals surface area contributed by atoms with E-state index in [0.29, 0.717) is 0 Å². The van der Waals surface area contributed by atoms with Gasteiger partial charge in [-0.3, -0.25) is 14.7 Å². The molecule has 3 heterocycles. The zero-order valence-corrected chi connectivity index (χ0v) is 25.1. The molecule has 0 amide bonds. The van der Waals surface area contributed by atoms with Gasteiger partial charge in [0.1, 0.15) is 16.9 Å². The highest BCUT2D eigenvalue weighted by molar-refractivity contribution is 5.82. The molecule has 4 aromatic rings. The molecule has 0 N–H and O–H groups in total. The number of nitrogens with zero attached hydrogens (tertiary/aromatic N) is 5. The summed E-state index contributed by atoms with van der Waals surface area (Å²) < 4.78 is 13.6. The van der Waals surface area contributed by atoms with E-state index in [1.807, 2.05) is 33.2 Å². The third kappa shape index (κ3) is 4.68. The van der Waals surface area contributed by atoms with Crippen molar-refractivity contribution < 1.29 is 14.3 Å². The third-order valence-corrected chi connectivity index (χ3v) is 9.02. The maximum Gasteiger partial charge on any atom is 0.312 e. The van der Waals surface area contributed by atoms with Crippen LogP contribution in [0, 0.1) is 12.3 Å². The number of aromatic nitrogens is 4. The van der Waals surface area contributed by atoms with E-state index in [1.165, 1.54) is 18.2 Å². The Bertz CT molecular complexity index is 1640. The highest BCUT2D eigenvalue weighted by atomic mass is 16.5. The van der Waals surface area contributed by atoms with Crippen LogP contribution in [0.4, 0.5) is 0 Å². The molecule has 6 rings (SSSR count). The summed E-state index contributed by atoms with van der Waals surface area (Å²) in [5.41, 5.74) is 7.66. The normalized spacial score (nSPS) is 19.2. The predicted octanol–water partition coefficient (Wildman–Crippen LogP) is 5.66. The monoisotopic (exact) mass is 553 g/mol. The number of aryl methyl sites for hydroxylation is 3. The van der Waals surface area contributed by atoms with E-state index in [1.54, 1.807) is 10.9 Å². The molecule has 0 fully saturated rings. The summed E-state index contributed by atoms with van der Waals surface area (Å²) in [6, 6.07) is 13.2. The number of ether oxygens (including phenoxy) is 2. The Morgan fingerprint density at radius 1 is 1.17 bits per heavy atom. The standard InChI is InChI=1S/C33H39N5O3/c1-20-24(11-13-27-30(20)35-36-37(27)6)29(33(4,5)31(39)40-7)22-9-8-21-10-12-26(25(21)16-22)38-18-23-17-34-15-14-28(23)41-32(2,3)19-38/h8-9,11,13-17,26,29H,10,12,18-19H2,1-7H3. The second-order valence-corrected chi connectivity index (χ2v) is 12.8. The number of carbonyl (C=O) groups is 1. The molecule has 1 aliphatic heterocycles. The number of fused-ring (bicyclic) bond motifs is 3. The van der Waals surface area contributed by atoms with Crippen molar-refractivity contribution >= 4 is 17.0 Å². The lowest BCUT2D eigenvalue weighted by Gasteiger charge is -2.35. The van der Waals surface area contributed by atoms with Gasteiger partial charge in [-0.05, 0) is 87.4 Å². The van der Waals surface area contributed by atoms with Crippen LogP contribution in [0.1, 0.15) is 79.5 Å². The Hall–Kier alpha value is -3.78. The van der Waals surface area contributed by atoms with Gasteiger partial charge in [0.15, 0.2) is 0 Å². The molecule has 2 aliphatic rings. The summed E-state index contributed by atoms with van der Waals surface area (Å²) in [6.07, 6.45) is 5.79. The number of methoxy groups -OCH3 is 1. The highest BCUT2D eigenvalue weighted by Gasteiger charge is 2.42. The Kier molecular flexibility index (Phi) is 6.64. The predicted molar refractivity (Wildman–Crippen MR) is 158 cm³/mol. The third-order valence-electron chi connectivity index (χ3n) is 9.02. The molecule has 41 heavy (non-hydrogen) atoms. The van der Waals surface area contributed by atoms with Crippen molar-refractivity contribution in [2.24, 2.45) is 12.5 Å². The molecule has 2 atom stereocenters. The number of rotatable bonds is 5. The smallest absolute Gasteiger partial charge is 0.312 e. The molecule has 0 saturated carbocycles. The Balaban J connectivity index is 1.46. The average molecular weight is 554 g/mol. The molecular formula is C33H39N5O3. The molecule has 0 saturated heterocycles. The van der Waals surface area contributed by atoms with Crippen molar-refractivity contribution in [3.63, 3.8) is 0 Å². The molecule has 2 unspecified atom stereocenters. The minimum absolute atomic E-state index is 0.234. The molecule has 8 heteroatoms. The van der Waals surface area contributed by atoms with Gasteiger partial charge in [0.05, 0.1) is 18.0 Å². The number of hydrogen-bond donors (Lipinski definition) is 0. The molecule has 0 radical (unpaired) electrons. The summed E-state index contributed by atoms with van der Waals surface area (Å²) in [7, 11) is 3.36. The molecule has 2 aromatic carbocycles. The zero-order chi connectivity index (χ0) is 29.1. The summed E-state index contributed by atoms with van der Waals surface area (Å²) in [5, 5.41) is 8.69. The van der Waals surface area contributed by atoms with Gasteiger partial charge in [-0.2, -0.15) is 0 Å². The molecular weight excluding hydrogens is 514 g/mol. The van der Waals surface area contributed by atoms with Crippen LogP contribution in [0.25, 0.3) is 11.0 Å². The van der Waals surface area contributed by atoms with Gasteiger partial charge < -0.3 is 9.47 Å². The van der Waals surface area contributed by atoms with Gasteiger partial charge in [0, 0.05) is 50.1 Å². The van der Waals surface area contributed by atoms with Gasteiger partial charge in [0.2, 0.25) is 0 Å². The first kappa shape index (κ1) is 27.4. The summed E-state index contributed by atoms with van der Waals surface area (Å²) >= 11 is 0. The van der Waals surface area contributed by atoms with Gasteiger partial charge in [-0.1, -0.05) is 29.5 Å². The Morgan fingerprint density at radius 2 is 1.98 bits per heavy atom. The van der Waals surface area contributed by atoms with Crippen LogP contribution in [0.15, 0.2) is 48.8 Å². The highest BCUT2D eigenvalue weighted by Crippen LogP contribution is 2.47. The van der Waals surface area contributed by atoms with Crippen molar-refractivity contribution in [3.8, 4) is 5.75 Å². The summed E-state index contributed by atoms with van der Waals surface area (Å²) in [4.78, 5) is 20.2. The maximum absolute atomic E-state index is 13.3. The number of esters is 1. The van der Waals surface area contributed by atoms with Gasteiger partial charge in [0.25, 0.3) is 0 Å². The van der Waals surface area contributed by atoms with Crippen molar-refractivity contribution in [1.82, 2.24) is 24.9 Å². The molecule has 0 bridgehead atoms. The van der Waals surface area contributed by atoms with E-state index in [9.17, 15) is 4.79 Å². The second-order valence-electron chi connectivity index (χ2n) is 12.8. The lowest BCUT2D eigenvalue weighted by Crippen LogP contribution is -2.41. The van der Waals surface area contributed by atoms with Crippen molar-refractivity contribution in [2.45, 2.75) is 71.6 Å². The van der Waals surface area contributed by atoms with Gasteiger partial charge in [-0.25, -0.2) is 4.68 Å². The minimum atomic E-state index is -0.819. The van der Waals surface area contributed by atoms with Crippen LogP contribution in [0.3, 0.4) is 0 Å². The van der Waals surface area contributed by atoms with E-state index in [-0.39, 0.29) is 23.5 Å². The van der Waals surface area contributed by atoms with E-state index in [4.69, 9.17) is 9.47 Å². The first-order valence-electron chi connectivity index (χ1n) is 14.4. The van der Waals surface area contributed by atoms with Crippen molar-refractivity contribution in [3.05, 3.63) is 82.2 Å². The fraction of sp³-hybridized carbons (Fsp3) is 0.455. The molecule has 214 valence electrons. The lowest BCUT2D eigenvalue weighted by molar-refractivity contribution is -0.151. The summed E-state index contributed by atoms with van der Waals surface area (Å²) in [6.45, 7) is 11.9. The average Bonchev–Trinajstić information content (AvgIpc) is 3.49. The largest absolute Gasteiger partial charge is 0.486 e. The zero-order valence-electron chi connectivity index (χ0n) is 25.1. The number of pyridine rings is 1. The quantitative estimate of drug-likeness (QED) is 0.295. The van der Waals surface area contributed by atoms with Gasteiger partial charge in [-0.15, -0.1) is 5.10 Å². The van der Waals surface area contributed by atoms with Crippen LogP contribution in [-0.2, 0) is 29.5 Å². The fourth-order valence-electron chi connectivity index (χ4n) is 7.03. The fourth-order valence-corrected chi connectivity index (χ4v) is 7.03. The van der Waals surface area contributed by atoms with Gasteiger partial charge >= 0.3 is 5.97 Å². The summed E-state index contributed by atoms with van der Waals surface area (Å²) in [5.74, 6) is 0.435. The first-order valence-corrected chi connectivity index (χ1v) is 14.4. The minimum Gasteiger partial charge on any atom is -0.486 e. The first-order chi connectivity index (χ1) is 19.5. The second kappa shape index (κ2) is 9.94. The number of benzene rings is 2. The van der Waals surface area contributed by atoms with E-state index >= 15 is 0 Å².